The Hall–Kier alpha value is 0. The van der Waals surface area contributed by atoms with Crippen LogP contribution in [0.25, 0.3) is 0 Å². The lowest BCUT2D eigenvalue weighted by atomic mass is 9.69. The molecule has 3 aliphatic carbocycles. The Balaban J connectivity index is 1.76. The summed E-state index contributed by atoms with van der Waals surface area (Å²) in [5, 5.41) is 0. The van der Waals surface area contributed by atoms with Gasteiger partial charge < -0.3 is 0 Å². The third-order valence-electron chi connectivity index (χ3n) is 5.85. The largest absolute Gasteiger partial charge is 0.0622 e. The minimum atomic E-state index is 1.02. The van der Waals surface area contributed by atoms with Crippen molar-refractivity contribution in [2.45, 2.75) is 52.4 Å². The molecule has 6 unspecified atom stereocenters. The minimum absolute atomic E-state index is 1.02. The molecule has 3 aliphatic rings. The second-order valence-corrected chi connectivity index (χ2v) is 6.42. The molecular weight excluding hydrogens is 168 g/mol. The Morgan fingerprint density at radius 1 is 0.786 bits per heavy atom. The molecule has 6 atom stereocenters. The fourth-order valence-electron chi connectivity index (χ4n) is 4.87. The van der Waals surface area contributed by atoms with Crippen LogP contribution in [-0.4, -0.2) is 0 Å². The zero-order valence-corrected chi connectivity index (χ0v) is 9.71. The van der Waals surface area contributed by atoms with E-state index in [1.165, 1.54) is 0 Å². The van der Waals surface area contributed by atoms with Crippen molar-refractivity contribution in [1.82, 2.24) is 0 Å². The fraction of sp³-hybridized carbons (Fsp3) is 1.00. The van der Waals surface area contributed by atoms with E-state index in [9.17, 15) is 0 Å². The van der Waals surface area contributed by atoms with Gasteiger partial charge in [0, 0.05) is 0 Å². The molecule has 0 N–H and O–H groups in total. The molecule has 0 spiro atoms. The van der Waals surface area contributed by atoms with Gasteiger partial charge >= 0.3 is 0 Å². The molecule has 0 heterocycles. The molecule has 14 heavy (non-hydrogen) atoms. The summed E-state index contributed by atoms with van der Waals surface area (Å²) < 4.78 is 0. The molecule has 3 rings (SSSR count). The van der Waals surface area contributed by atoms with E-state index in [2.05, 4.69) is 13.8 Å². The van der Waals surface area contributed by atoms with E-state index in [0.29, 0.717) is 0 Å². The van der Waals surface area contributed by atoms with Gasteiger partial charge in [-0.25, -0.2) is 0 Å². The van der Waals surface area contributed by atoms with Crippen LogP contribution in [-0.2, 0) is 0 Å². The molecule has 0 heteroatoms. The van der Waals surface area contributed by atoms with Crippen LogP contribution in [0.15, 0.2) is 0 Å². The van der Waals surface area contributed by atoms with Crippen molar-refractivity contribution in [3.8, 4) is 0 Å². The van der Waals surface area contributed by atoms with E-state index in [1.807, 2.05) is 0 Å². The topological polar surface area (TPSA) is 0 Å². The van der Waals surface area contributed by atoms with Gasteiger partial charge in [0.25, 0.3) is 0 Å². The highest BCUT2D eigenvalue weighted by atomic mass is 14.5. The van der Waals surface area contributed by atoms with E-state index in [4.69, 9.17) is 0 Å². The Morgan fingerprint density at radius 3 is 2.29 bits per heavy atom. The molecule has 0 aliphatic heterocycles. The van der Waals surface area contributed by atoms with Gasteiger partial charge in [0.1, 0.15) is 0 Å². The third kappa shape index (κ3) is 1.26. The first-order valence-corrected chi connectivity index (χ1v) is 6.75. The van der Waals surface area contributed by atoms with Crippen LogP contribution < -0.4 is 0 Å². The van der Waals surface area contributed by atoms with Crippen molar-refractivity contribution in [2.24, 2.45) is 35.5 Å². The smallest absolute Gasteiger partial charge is 0.0355 e. The monoisotopic (exact) mass is 192 g/mol. The fourth-order valence-corrected chi connectivity index (χ4v) is 4.87. The SMILES string of the molecule is CC1CC2CC3CCCC3CC2C1C. The van der Waals surface area contributed by atoms with Crippen molar-refractivity contribution < 1.29 is 0 Å². The normalized spacial score (nSPS) is 57.0. The van der Waals surface area contributed by atoms with Crippen LogP contribution in [0, 0.1) is 35.5 Å². The van der Waals surface area contributed by atoms with Gasteiger partial charge in [0.2, 0.25) is 0 Å². The molecule has 0 amide bonds. The molecule has 0 bridgehead atoms. The molecule has 3 fully saturated rings. The van der Waals surface area contributed by atoms with Crippen LogP contribution in [0.4, 0.5) is 0 Å². The van der Waals surface area contributed by atoms with E-state index in [-0.39, 0.29) is 0 Å². The van der Waals surface area contributed by atoms with Gasteiger partial charge in [-0.1, -0.05) is 33.1 Å². The molecule has 0 aromatic rings. The van der Waals surface area contributed by atoms with Gasteiger partial charge in [-0.05, 0) is 54.8 Å². The van der Waals surface area contributed by atoms with Crippen molar-refractivity contribution in [1.29, 1.82) is 0 Å². The van der Waals surface area contributed by atoms with Crippen molar-refractivity contribution in [3.05, 3.63) is 0 Å². The summed E-state index contributed by atoms with van der Waals surface area (Å²) in [7, 11) is 0. The Morgan fingerprint density at radius 2 is 1.50 bits per heavy atom. The predicted octanol–water partition coefficient (Wildman–Crippen LogP) is 4.10. The standard InChI is InChI=1S/C14H24/c1-9-6-13-7-11-4-3-5-12(11)8-14(13)10(9)2/h9-14H,3-8H2,1-2H3. The van der Waals surface area contributed by atoms with Gasteiger partial charge in [-0.15, -0.1) is 0 Å². The number of fused-ring (bicyclic) bond motifs is 2. The molecule has 0 nitrogen and oxygen atoms in total. The highest BCUT2D eigenvalue weighted by molar-refractivity contribution is 4.96. The van der Waals surface area contributed by atoms with Gasteiger partial charge in [-0.3, -0.25) is 0 Å². The second-order valence-electron chi connectivity index (χ2n) is 6.42. The van der Waals surface area contributed by atoms with E-state index >= 15 is 0 Å². The van der Waals surface area contributed by atoms with Gasteiger partial charge in [-0.2, -0.15) is 0 Å². The molecule has 0 aromatic carbocycles. The van der Waals surface area contributed by atoms with Crippen molar-refractivity contribution >= 4 is 0 Å². The first kappa shape index (κ1) is 9.24. The minimum Gasteiger partial charge on any atom is -0.0622 e. The number of hydrogen-bond donors (Lipinski definition) is 0. The maximum Gasteiger partial charge on any atom is -0.0355 e. The number of rotatable bonds is 0. The summed E-state index contributed by atoms with van der Waals surface area (Å²) in [5.74, 6) is 6.58. The zero-order valence-electron chi connectivity index (χ0n) is 9.71. The highest BCUT2D eigenvalue weighted by Crippen LogP contribution is 2.55. The number of hydrogen-bond acceptors (Lipinski definition) is 0. The summed E-state index contributed by atoms with van der Waals surface area (Å²) >= 11 is 0. The lowest BCUT2D eigenvalue weighted by Gasteiger charge is -2.36. The average molecular weight is 192 g/mol. The quantitative estimate of drug-likeness (QED) is 0.542. The lowest BCUT2D eigenvalue weighted by Crippen LogP contribution is -2.28. The second kappa shape index (κ2) is 3.25. The summed E-state index contributed by atoms with van der Waals surface area (Å²) in [6.07, 6.45) is 9.42. The van der Waals surface area contributed by atoms with Crippen LogP contribution in [0.5, 0.6) is 0 Å². The maximum absolute atomic E-state index is 2.52. The van der Waals surface area contributed by atoms with E-state index < -0.39 is 0 Å². The summed E-state index contributed by atoms with van der Waals surface area (Å²) in [6.45, 7) is 5.00. The summed E-state index contributed by atoms with van der Waals surface area (Å²) in [5.41, 5.74) is 0. The highest BCUT2D eigenvalue weighted by Gasteiger charge is 2.46. The molecular formula is C14H24. The predicted molar refractivity (Wildman–Crippen MR) is 60.0 cm³/mol. The van der Waals surface area contributed by atoms with Crippen molar-refractivity contribution in [3.63, 3.8) is 0 Å². The zero-order chi connectivity index (χ0) is 9.71. The maximum atomic E-state index is 2.52. The summed E-state index contributed by atoms with van der Waals surface area (Å²) in [6, 6.07) is 0. The lowest BCUT2D eigenvalue weighted by molar-refractivity contribution is 0.133. The Labute approximate surface area is 88.5 Å². The molecule has 0 radical (unpaired) electrons. The first-order valence-electron chi connectivity index (χ1n) is 6.75. The molecule has 0 saturated heterocycles. The third-order valence-corrected chi connectivity index (χ3v) is 5.85. The van der Waals surface area contributed by atoms with E-state index in [0.717, 1.165) is 35.5 Å². The summed E-state index contributed by atoms with van der Waals surface area (Å²) in [4.78, 5) is 0. The van der Waals surface area contributed by atoms with Gasteiger partial charge in [0.15, 0.2) is 0 Å². The van der Waals surface area contributed by atoms with Crippen LogP contribution in [0.1, 0.15) is 52.4 Å². The molecule has 3 saturated carbocycles. The van der Waals surface area contributed by atoms with Crippen LogP contribution in [0.3, 0.4) is 0 Å². The Kier molecular flexibility index (Phi) is 2.15. The van der Waals surface area contributed by atoms with Crippen LogP contribution in [0.2, 0.25) is 0 Å². The molecule has 0 aromatic heterocycles. The first-order chi connectivity index (χ1) is 6.75. The average Bonchev–Trinajstić information content (AvgIpc) is 2.70. The van der Waals surface area contributed by atoms with Gasteiger partial charge in [0.05, 0.1) is 0 Å². The van der Waals surface area contributed by atoms with Crippen LogP contribution >= 0.6 is 0 Å². The Bertz CT molecular complexity index is 220. The van der Waals surface area contributed by atoms with Crippen molar-refractivity contribution in [2.75, 3.05) is 0 Å². The molecule has 80 valence electrons. The van der Waals surface area contributed by atoms with E-state index in [1.54, 1.807) is 38.5 Å².